The van der Waals surface area contributed by atoms with Gasteiger partial charge in [-0.25, -0.2) is 13.8 Å². The molecule has 0 aromatic heterocycles. The van der Waals surface area contributed by atoms with Crippen molar-refractivity contribution in [2.75, 3.05) is 24.8 Å². The van der Waals surface area contributed by atoms with Gasteiger partial charge in [0.15, 0.2) is 0 Å². The highest BCUT2D eigenvalue weighted by Gasteiger charge is 2.19. The summed E-state index contributed by atoms with van der Waals surface area (Å²) in [5.74, 6) is 0.737. The van der Waals surface area contributed by atoms with Crippen LogP contribution in [0.3, 0.4) is 0 Å². The summed E-state index contributed by atoms with van der Waals surface area (Å²) in [6.07, 6.45) is 2.56. The van der Waals surface area contributed by atoms with Crippen molar-refractivity contribution < 1.29 is 22.7 Å². The summed E-state index contributed by atoms with van der Waals surface area (Å²) in [5.41, 5.74) is 4.45. The summed E-state index contributed by atoms with van der Waals surface area (Å²) < 4.78 is 36.5. The Kier molecular flexibility index (Phi) is 8.14. The molecule has 3 aromatic carbocycles. The molecule has 1 amide bonds. The molecule has 0 aliphatic heterocycles. The molecule has 0 atom stereocenters. The molecule has 0 unspecified atom stereocenters. The van der Waals surface area contributed by atoms with Gasteiger partial charge in [0.25, 0.3) is 5.91 Å². The number of methoxy groups -OCH3 is 2. The molecular formula is C24H24ClN3O5S. The van der Waals surface area contributed by atoms with E-state index in [1.165, 1.54) is 29.8 Å². The van der Waals surface area contributed by atoms with Gasteiger partial charge in [-0.15, -0.1) is 0 Å². The Morgan fingerprint density at radius 1 is 1.06 bits per heavy atom. The summed E-state index contributed by atoms with van der Waals surface area (Å²) in [7, 11) is -0.513. The van der Waals surface area contributed by atoms with Crippen LogP contribution in [0.4, 0.5) is 5.69 Å². The molecule has 3 aromatic rings. The van der Waals surface area contributed by atoms with Crippen LogP contribution in [-0.2, 0) is 16.6 Å². The molecular weight excluding hydrogens is 478 g/mol. The van der Waals surface area contributed by atoms with E-state index in [4.69, 9.17) is 21.1 Å². The van der Waals surface area contributed by atoms with Gasteiger partial charge in [0, 0.05) is 16.1 Å². The van der Waals surface area contributed by atoms with Crippen molar-refractivity contribution in [3.05, 3.63) is 88.4 Å². The van der Waals surface area contributed by atoms with E-state index in [2.05, 4.69) is 10.5 Å². The number of amides is 1. The molecule has 10 heteroatoms. The Morgan fingerprint density at radius 2 is 1.76 bits per heavy atom. The van der Waals surface area contributed by atoms with Gasteiger partial charge in [-0.2, -0.15) is 5.10 Å². The zero-order valence-corrected chi connectivity index (χ0v) is 20.4. The fourth-order valence-corrected chi connectivity index (χ4v) is 4.20. The molecule has 3 rings (SSSR count). The number of nitrogens with one attached hydrogen (secondary N) is 1. The van der Waals surface area contributed by atoms with Crippen LogP contribution >= 0.6 is 11.6 Å². The van der Waals surface area contributed by atoms with E-state index in [-0.39, 0.29) is 6.54 Å². The van der Waals surface area contributed by atoms with E-state index in [1.54, 1.807) is 61.7 Å². The van der Waals surface area contributed by atoms with E-state index in [1.807, 2.05) is 0 Å². The first-order valence-corrected chi connectivity index (χ1v) is 12.3. The zero-order valence-electron chi connectivity index (χ0n) is 18.9. The minimum Gasteiger partial charge on any atom is -0.497 e. The van der Waals surface area contributed by atoms with Gasteiger partial charge in [-0.1, -0.05) is 29.8 Å². The van der Waals surface area contributed by atoms with Gasteiger partial charge < -0.3 is 9.47 Å². The summed E-state index contributed by atoms with van der Waals surface area (Å²) in [6, 6.07) is 18.4. The van der Waals surface area contributed by atoms with Crippen molar-refractivity contribution in [1.29, 1.82) is 0 Å². The zero-order chi connectivity index (χ0) is 24.7. The third kappa shape index (κ3) is 6.27. The van der Waals surface area contributed by atoms with Crippen LogP contribution in [0.5, 0.6) is 11.5 Å². The standard InChI is InChI=1S/C24H24ClN3O5S/c1-32-21-12-13-23(33-2)19(14-21)15-26-27-24(29)17-8-10-20(11-9-17)28(34(3,30)31)16-18-6-4-5-7-22(18)25/h4-15H,16H2,1-3H3,(H,27,29)/b26-15-. The SMILES string of the molecule is COc1ccc(OC)c(/C=N\NC(=O)c2ccc(N(Cc3ccccc3Cl)S(C)(=O)=O)cc2)c1. The van der Waals surface area contributed by atoms with Crippen molar-refractivity contribution in [3.8, 4) is 11.5 Å². The van der Waals surface area contributed by atoms with Gasteiger partial charge in [0.2, 0.25) is 10.0 Å². The second-order valence-electron chi connectivity index (χ2n) is 7.21. The molecule has 0 saturated heterocycles. The summed E-state index contributed by atoms with van der Waals surface area (Å²) >= 11 is 6.20. The predicted octanol–water partition coefficient (Wildman–Crippen LogP) is 4.09. The number of rotatable bonds is 9. The van der Waals surface area contributed by atoms with Gasteiger partial charge in [0.1, 0.15) is 11.5 Å². The second-order valence-corrected chi connectivity index (χ2v) is 9.53. The lowest BCUT2D eigenvalue weighted by atomic mass is 10.2. The van der Waals surface area contributed by atoms with Crippen LogP contribution in [0.2, 0.25) is 5.02 Å². The van der Waals surface area contributed by atoms with Crippen LogP contribution < -0.4 is 19.2 Å². The maximum atomic E-state index is 12.5. The highest BCUT2D eigenvalue weighted by Crippen LogP contribution is 2.25. The number of hydrogen-bond donors (Lipinski definition) is 1. The van der Waals surface area contributed by atoms with Crippen LogP contribution in [0.25, 0.3) is 0 Å². The van der Waals surface area contributed by atoms with Gasteiger partial charge in [-0.3, -0.25) is 9.10 Å². The van der Waals surface area contributed by atoms with E-state index >= 15 is 0 Å². The lowest BCUT2D eigenvalue weighted by Crippen LogP contribution is -2.29. The Morgan fingerprint density at radius 3 is 2.38 bits per heavy atom. The monoisotopic (exact) mass is 501 g/mol. The first-order chi connectivity index (χ1) is 16.2. The summed E-state index contributed by atoms with van der Waals surface area (Å²) in [4.78, 5) is 12.5. The first-order valence-electron chi connectivity index (χ1n) is 10.1. The smallest absolute Gasteiger partial charge is 0.271 e. The lowest BCUT2D eigenvalue weighted by Gasteiger charge is -2.23. The molecule has 0 aliphatic rings. The molecule has 8 nitrogen and oxygen atoms in total. The fraction of sp³-hybridized carbons (Fsp3) is 0.167. The van der Waals surface area contributed by atoms with Crippen LogP contribution in [-0.4, -0.2) is 41.0 Å². The van der Waals surface area contributed by atoms with Crippen LogP contribution in [0.15, 0.2) is 71.8 Å². The molecule has 0 heterocycles. The maximum absolute atomic E-state index is 12.5. The molecule has 0 saturated carbocycles. The average molecular weight is 502 g/mol. The van der Waals surface area contributed by atoms with E-state index < -0.39 is 15.9 Å². The number of ether oxygens (including phenoxy) is 2. The van der Waals surface area contributed by atoms with E-state index in [9.17, 15) is 13.2 Å². The molecule has 0 radical (unpaired) electrons. The normalized spacial score (nSPS) is 11.3. The van der Waals surface area contributed by atoms with Crippen LogP contribution in [0, 0.1) is 0 Å². The molecule has 0 fully saturated rings. The highest BCUT2D eigenvalue weighted by atomic mass is 35.5. The van der Waals surface area contributed by atoms with Crippen molar-refractivity contribution in [1.82, 2.24) is 5.43 Å². The Balaban J connectivity index is 1.74. The topological polar surface area (TPSA) is 97.3 Å². The average Bonchev–Trinajstić information content (AvgIpc) is 2.82. The van der Waals surface area contributed by atoms with E-state index in [0.29, 0.717) is 38.9 Å². The minimum absolute atomic E-state index is 0.0662. The van der Waals surface area contributed by atoms with Crippen molar-refractivity contribution in [2.24, 2.45) is 5.10 Å². The number of carbonyl (C=O) groups is 1. The number of benzene rings is 3. The van der Waals surface area contributed by atoms with Gasteiger partial charge >= 0.3 is 0 Å². The molecule has 0 bridgehead atoms. The third-order valence-electron chi connectivity index (χ3n) is 4.90. The molecule has 178 valence electrons. The quantitative estimate of drug-likeness (QED) is 0.352. The fourth-order valence-electron chi connectivity index (χ4n) is 3.13. The largest absolute Gasteiger partial charge is 0.497 e. The summed E-state index contributed by atoms with van der Waals surface area (Å²) in [5, 5.41) is 4.45. The minimum atomic E-state index is -3.59. The maximum Gasteiger partial charge on any atom is 0.271 e. The van der Waals surface area contributed by atoms with Crippen LogP contribution in [0.1, 0.15) is 21.5 Å². The van der Waals surface area contributed by atoms with Crippen molar-refractivity contribution >= 4 is 39.4 Å². The number of anilines is 1. The number of hydrogen-bond acceptors (Lipinski definition) is 6. The summed E-state index contributed by atoms with van der Waals surface area (Å²) in [6.45, 7) is 0.0662. The molecule has 0 aliphatic carbocycles. The number of carbonyl (C=O) groups excluding carboxylic acids is 1. The van der Waals surface area contributed by atoms with Crippen molar-refractivity contribution in [2.45, 2.75) is 6.54 Å². The number of hydrazone groups is 1. The first kappa shape index (κ1) is 25.1. The molecule has 34 heavy (non-hydrogen) atoms. The van der Waals surface area contributed by atoms with Gasteiger partial charge in [0.05, 0.1) is 38.9 Å². The molecule has 0 spiro atoms. The number of nitrogens with zero attached hydrogens (tertiary/aromatic N) is 2. The lowest BCUT2D eigenvalue weighted by molar-refractivity contribution is 0.0955. The van der Waals surface area contributed by atoms with Crippen molar-refractivity contribution in [3.63, 3.8) is 0 Å². The predicted molar refractivity (Wildman–Crippen MR) is 134 cm³/mol. The Bertz CT molecular complexity index is 1290. The van der Waals surface area contributed by atoms with E-state index in [0.717, 1.165) is 6.26 Å². The Hall–Kier alpha value is -3.56. The number of sulfonamides is 1. The highest BCUT2D eigenvalue weighted by molar-refractivity contribution is 7.92. The second kappa shape index (κ2) is 11.0. The third-order valence-corrected chi connectivity index (χ3v) is 6.41. The Labute approximate surface area is 203 Å². The number of halogens is 1. The van der Waals surface area contributed by atoms with Gasteiger partial charge in [-0.05, 0) is 54.1 Å². The molecule has 1 N–H and O–H groups in total.